The molecule has 1 aromatic heterocycles. The van der Waals surface area contributed by atoms with Crippen LogP contribution in [-0.2, 0) is 20.9 Å². The number of nitrogens with one attached hydrogen (secondary N) is 2. The molecule has 1 saturated carbocycles. The van der Waals surface area contributed by atoms with E-state index < -0.39 is 6.10 Å². The van der Waals surface area contributed by atoms with Crippen LogP contribution in [-0.4, -0.2) is 51.8 Å². The third kappa shape index (κ3) is 4.87. The topological polar surface area (TPSA) is 105 Å². The lowest BCUT2D eigenvalue weighted by molar-refractivity contribution is -0.129. The van der Waals surface area contributed by atoms with Crippen molar-refractivity contribution >= 4 is 11.8 Å². The zero-order chi connectivity index (χ0) is 19.4. The second-order valence-corrected chi connectivity index (χ2v) is 7.80. The minimum absolute atomic E-state index is 0.0395. The van der Waals surface area contributed by atoms with Crippen molar-refractivity contribution in [2.75, 3.05) is 13.2 Å². The van der Waals surface area contributed by atoms with E-state index in [0.717, 1.165) is 5.82 Å². The Balaban J connectivity index is 1.49. The van der Waals surface area contributed by atoms with Crippen LogP contribution in [0.4, 0.5) is 0 Å². The molecule has 2 aliphatic rings. The number of ether oxygens (including phenoxy) is 1. The molecule has 3 N–H and O–H groups in total. The van der Waals surface area contributed by atoms with E-state index in [1.807, 2.05) is 10.8 Å². The summed E-state index contributed by atoms with van der Waals surface area (Å²) in [7, 11) is 0. The van der Waals surface area contributed by atoms with Gasteiger partial charge in [0.2, 0.25) is 11.8 Å². The van der Waals surface area contributed by atoms with Crippen molar-refractivity contribution in [2.45, 2.75) is 64.3 Å². The molecule has 1 saturated heterocycles. The number of hydrogen-bond donors (Lipinski definition) is 3. The molecule has 1 aliphatic heterocycles. The first kappa shape index (κ1) is 19.8. The Morgan fingerprint density at radius 3 is 2.70 bits per heavy atom. The van der Waals surface area contributed by atoms with Gasteiger partial charge in [0.1, 0.15) is 5.82 Å². The minimum Gasteiger partial charge on any atom is -0.391 e. The smallest absolute Gasteiger partial charge is 0.223 e. The van der Waals surface area contributed by atoms with Gasteiger partial charge in [0.15, 0.2) is 0 Å². The van der Waals surface area contributed by atoms with Crippen molar-refractivity contribution in [1.82, 2.24) is 20.2 Å². The number of nitrogens with zero attached hydrogens (tertiary/aromatic N) is 2. The first-order valence-corrected chi connectivity index (χ1v) is 9.81. The van der Waals surface area contributed by atoms with Gasteiger partial charge in [0, 0.05) is 43.5 Å². The van der Waals surface area contributed by atoms with Crippen LogP contribution < -0.4 is 10.6 Å². The highest BCUT2D eigenvalue weighted by Gasteiger charge is 2.38. The molecule has 1 aliphatic carbocycles. The van der Waals surface area contributed by atoms with Gasteiger partial charge in [-0.15, -0.1) is 0 Å². The number of rotatable bonds is 6. The molecule has 0 radical (unpaired) electrons. The second-order valence-electron chi connectivity index (χ2n) is 7.80. The molecule has 3 rings (SSSR count). The molecule has 8 heteroatoms. The number of carbonyl (C=O) groups is 2. The van der Waals surface area contributed by atoms with Crippen molar-refractivity contribution in [3.63, 3.8) is 0 Å². The Bertz CT molecular complexity index is 654. The van der Waals surface area contributed by atoms with Gasteiger partial charge in [-0.05, 0) is 39.5 Å². The zero-order valence-corrected chi connectivity index (χ0v) is 16.1. The largest absolute Gasteiger partial charge is 0.391 e. The summed E-state index contributed by atoms with van der Waals surface area (Å²) in [4.78, 5) is 29.2. The predicted molar refractivity (Wildman–Crippen MR) is 98.7 cm³/mol. The average molecular weight is 378 g/mol. The van der Waals surface area contributed by atoms with Gasteiger partial charge in [-0.1, -0.05) is 0 Å². The van der Waals surface area contributed by atoms with Gasteiger partial charge in [-0.3, -0.25) is 9.59 Å². The van der Waals surface area contributed by atoms with E-state index in [0.29, 0.717) is 45.4 Å². The van der Waals surface area contributed by atoms with Crippen LogP contribution in [0.3, 0.4) is 0 Å². The Morgan fingerprint density at radius 1 is 1.26 bits per heavy atom. The van der Waals surface area contributed by atoms with Crippen molar-refractivity contribution in [1.29, 1.82) is 0 Å². The zero-order valence-electron chi connectivity index (χ0n) is 16.1. The van der Waals surface area contributed by atoms with Gasteiger partial charge >= 0.3 is 0 Å². The molecular formula is C19H30N4O4. The lowest BCUT2D eigenvalue weighted by atomic mass is 9.98. The van der Waals surface area contributed by atoms with E-state index in [2.05, 4.69) is 29.5 Å². The molecule has 2 heterocycles. The van der Waals surface area contributed by atoms with Crippen molar-refractivity contribution in [3.8, 4) is 0 Å². The molecule has 3 atom stereocenters. The van der Waals surface area contributed by atoms with Crippen LogP contribution in [0.1, 0.15) is 51.4 Å². The molecule has 0 bridgehead atoms. The van der Waals surface area contributed by atoms with Crippen LogP contribution in [0.2, 0.25) is 0 Å². The van der Waals surface area contributed by atoms with Crippen LogP contribution >= 0.6 is 0 Å². The lowest BCUT2D eigenvalue weighted by Crippen LogP contribution is -2.44. The van der Waals surface area contributed by atoms with E-state index >= 15 is 0 Å². The fraction of sp³-hybridized carbons (Fsp3) is 0.737. The van der Waals surface area contributed by atoms with Crippen LogP contribution in [0.15, 0.2) is 12.4 Å². The van der Waals surface area contributed by atoms with Gasteiger partial charge in [-0.25, -0.2) is 4.98 Å². The third-order valence-corrected chi connectivity index (χ3v) is 5.55. The number of aliphatic hydroxyl groups excluding tert-OH is 1. The molecule has 2 fully saturated rings. The average Bonchev–Trinajstić information content (AvgIpc) is 3.27. The fourth-order valence-electron chi connectivity index (χ4n) is 3.91. The predicted octanol–water partition coefficient (Wildman–Crippen LogP) is 0.763. The SMILES string of the molecule is CC(C)n1ccnc1CNC(=O)[C@H]1C[C@H](NC(=O)C2CCOCC2)[C@@H](O)C1. The van der Waals surface area contributed by atoms with Crippen LogP contribution in [0.25, 0.3) is 0 Å². The molecule has 0 spiro atoms. The normalized spacial score (nSPS) is 26.3. The summed E-state index contributed by atoms with van der Waals surface area (Å²) in [6.45, 7) is 5.68. The van der Waals surface area contributed by atoms with E-state index in [9.17, 15) is 14.7 Å². The van der Waals surface area contributed by atoms with Gasteiger partial charge in [-0.2, -0.15) is 0 Å². The second kappa shape index (κ2) is 8.84. The van der Waals surface area contributed by atoms with Gasteiger partial charge in [0.05, 0.1) is 18.7 Å². The molecular weight excluding hydrogens is 348 g/mol. The molecule has 0 aromatic carbocycles. The van der Waals surface area contributed by atoms with Crippen molar-refractivity contribution in [3.05, 3.63) is 18.2 Å². The fourth-order valence-corrected chi connectivity index (χ4v) is 3.91. The number of carbonyl (C=O) groups excluding carboxylic acids is 2. The Morgan fingerprint density at radius 2 is 2.00 bits per heavy atom. The summed E-state index contributed by atoms with van der Waals surface area (Å²) < 4.78 is 7.30. The third-order valence-electron chi connectivity index (χ3n) is 5.55. The summed E-state index contributed by atoms with van der Waals surface area (Å²) >= 11 is 0. The summed E-state index contributed by atoms with van der Waals surface area (Å²) in [6, 6.07) is -0.0915. The van der Waals surface area contributed by atoms with Crippen LogP contribution in [0, 0.1) is 11.8 Å². The van der Waals surface area contributed by atoms with Gasteiger partial charge in [0.25, 0.3) is 0 Å². The highest BCUT2D eigenvalue weighted by molar-refractivity contribution is 5.81. The Kier molecular flexibility index (Phi) is 6.49. The number of aromatic nitrogens is 2. The molecule has 1 aromatic rings. The summed E-state index contributed by atoms with van der Waals surface area (Å²) in [5.41, 5.74) is 0. The Hall–Kier alpha value is -1.93. The molecule has 8 nitrogen and oxygen atoms in total. The van der Waals surface area contributed by atoms with Crippen molar-refractivity contribution in [2.24, 2.45) is 11.8 Å². The van der Waals surface area contributed by atoms with Crippen LogP contribution in [0.5, 0.6) is 0 Å². The quantitative estimate of drug-likeness (QED) is 0.678. The van der Waals surface area contributed by atoms with E-state index in [4.69, 9.17) is 4.74 Å². The number of imidazole rings is 1. The summed E-state index contributed by atoms with van der Waals surface area (Å²) in [5, 5.41) is 16.1. The minimum atomic E-state index is -0.692. The Labute approximate surface area is 159 Å². The monoisotopic (exact) mass is 378 g/mol. The maximum absolute atomic E-state index is 12.5. The molecule has 150 valence electrons. The number of amides is 2. The first-order valence-electron chi connectivity index (χ1n) is 9.81. The highest BCUT2D eigenvalue weighted by atomic mass is 16.5. The number of hydrogen-bond acceptors (Lipinski definition) is 5. The van der Waals surface area contributed by atoms with Crippen molar-refractivity contribution < 1.29 is 19.4 Å². The summed E-state index contributed by atoms with van der Waals surface area (Å²) in [5.74, 6) is 0.301. The van der Waals surface area contributed by atoms with E-state index in [1.54, 1.807) is 6.20 Å². The highest BCUT2D eigenvalue weighted by Crippen LogP contribution is 2.27. The molecule has 2 amide bonds. The summed E-state index contributed by atoms with van der Waals surface area (Å²) in [6.07, 6.45) is 5.17. The lowest BCUT2D eigenvalue weighted by Gasteiger charge is -2.24. The van der Waals surface area contributed by atoms with E-state index in [1.165, 1.54) is 0 Å². The standard InChI is InChI=1S/C19H30N4O4/c1-12(2)23-6-5-20-17(23)11-21-18(25)14-9-15(16(24)10-14)22-19(26)13-3-7-27-8-4-13/h5-6,12-16,24H,3-4,7-11H2,1-2H3,(H,21,25)(H,22,26)/t14-,15-,16-/m0/s1. The molecule has 0 unspecified atom stereocenters. The van der Waals surface area contributed by atoms with E-state index in [-0.39, 0.29) is 35.7 Å². The maximum atomic E-state index is 12.5. The maximum Gasteiger partial charge on any atom is 0.223 e. The number of aliphatic hydroxyl groups is 1. The molecule has 27 heavy (non-hydrogen) atoms. The van der Waals surface area contributed by atoms with Gasteiger partial charge < -0.3 is 25.0 Å². The first-order chi connectivity index (χ1) is 13.0.